The van der Waals surface area contributed by atoms with Gasteiger partial charge in [-0.25, -0.2) is 14.8 Å². The molecular weight excluding hydrogens is 308 g/mol. The van der Waals surface area contributed by atoms with Gasteiger partial charge in [-0.1, -0.05) is 30.3 Å². The SMILES string of the molecule is COC(C)(CNc1nc(C(=O)O)cc2nccn12)c1ccccc1. The number of aromatic carboxylic acids is 1. The van der Waals surface area contributed by atoms with Crippen molar-refractivity contribution < 1.29 is 14.6 Å². The smallest absolute Gasteiger partial charge is 0.354 e. The van der Waals surface area contributed by atoms with Crippen molar-refractivity contribution in [3.63, 3.8) is 0 Å². The monoisotopic (exact) mass is 326 g/mol. The summed E-state index contributed by atoms with van der Waals surface area (Å²) in [7, 11) is 1.64. The second kappa shape index (κ2) is 6.29. The molecule has 0 aliphatic rings. The molecule has 24 heavy (non-hydrogen) atoms. The average molecular weight is 326 g/mol. The van der Waals surface area contributed by atoms with Gasteiger partial charge >= 0.3 is 5.97 Å². The molecule has 1 atom stereocenters. The van der Waals surface area contributed by atoms with Crippen LogP contribution in [-0.4, -0.2) is 39.1 Å². The Balaban J connectivity index is 1.92. The van der Waals surface area contributed by atoms with Gasteiger partial charge in [0.05, 0.1) is 6.54 Å². The van der Waals surface area contributed by atoms with Crippen LogP contribution in [0.3, 0.4) is 0 Å². The zero-order chi connectivity index (χ0) is 17.2. The second-order valence-electron chi connectivity index (χ2n) is 5.58. The summed E-state index contributed by atoms with van der Waals surface area (Å²) in [6.07, 6.45) is 3.32. The number of nitrogens with one attached hydrogen (secondary N) is 1. The van der Waals surface area contributed by atoms with Crippen molar-refractivity contribution in [1.29, 1.82) is 0 Å². The molecule has 3 aromatic rings. The summed E-state index contributed by atoms with van der Waals surface area (Å²) in [5, 5.41) is 12.4. The molecule has 0 bridgehead atoms. The summed E-state index contributed by atoms with van der Waals surface area (Å²) in [4.78, 5) is 19.5. The molecule has 124 valence electrons. The lowest BCUT2D eigenvalue weighted by atomic mass is 9.96. The van der Waals surface area contributed by atoms with Crippen LogP contribution in [0.4, 0.5) is 5.95 Å². The Bertz CT molecular complexity index is 863. The minimum Gasteiger partial charge on any atom is -0.477 e. The average Bonchev–Trinajstić information content (AvgIpc) is 3.08. The van der Waals surface area contributed by atoms with Crippen molar-refractivity contribution in [2.45, 2.75) is 12.5 Å². The van der Waals surface area contributed by atoms with Crippen LogP contribution in [0, 0.1) is 0 Å². The number of benzene rings is 1. The third-order valence-corrected chi connectivity index (χ3v) is 4.03. The maximum absolute atomic E-state index is 11.2. The van der Waals surface area contributed by atoms with E-state index in [4.69, 9.17) is 4.74 Å². The number of carboxylic acid groups (broad SMARTS) is 1. The van der Waals surface area contributed by atoms with Crippen LogP contribution >= 0.6 is 0 Å². The van der Waals surface area contributed by atoms with Gasteiger partial charge in [0.1, 0.15) is 11.2 Å². The Morgan fingerprint density at radius 3 is 2.79 bits per heavy atom. The lowest BCUT2D eigenvalue weighted by Gasteiger charge is -2.29. The molecule has 0 fully saturated rings. The fourth-order valence-electron chi connectivity index (χ4n) is 2.49. The Kier molecular flexibility index (Phi) is 4.18. The first-order valence-electron chi connectivity index (χ1n) is 7.45. The Morgan fingerprint density at radius 1 is 1.38 bits per heavy atom. The van der Waals surface area contributed by atoms with E-state index in [1.54, 1.807) is 23.9 Å². The first kappa shape index (κ1) is 15.9. The zero-order valence-corrected chi connectivity index (χ0v) is 13.4. The fraction of sp³-hybridized carbons (Fsp3) is 0.235. The van der Waals surface area contributed by atoms with Crippen LogP contribution < -0.4 is 5.32 Å². The maximum Gasteiger partial charge on any atom is 0.354 e. The third kappa shape index (κ3) is 2.93. The third-order valence-electron chi connectivity index (χ3n) is 4.03. The van der Waals surface area contributed by atoms with E-state index < -0.39 is 11.6 Å². The molecule has 2 N–H and O–H groups in total. The lowest BCUT2D eigenvalue weighted by Crippen LogP contribution is -2.33. The van der Waals surface area contributed by atoms with Crippen molar-refractivity contribution in [2.24, 2.45) is 0 Å². The van der Waals surface area contributed by atoms with Crippen LogP contribution in [0.15, 0.2) is 48.8 Å². The Morgan fingerprint density at radius 2 is 2.12 bits per heavy atom. The van der Waals surface area contributed by atoms with Gasteiger partial charge < -0.3 is 15.2 Å². The molecule has 7 heteroatoms. The standard InChI is InChI=1S/C17H18N4O3/c1-17(24-2,12-6-4-3-5-7-12)11-19-16-20-13(15(22)23)10-14-18-8-9-21(14)16/h3-10H,11H2,1-2H3,(H,19,20)(H,22,23). The van der Waals surface area contributed by atoms with E-state index in [0.717, 1.165) is 5.56 Å². The van der Waals surface area contributed by atoms with E-state index in [1.165, 1.54) is 6.07 Å². The highest BCUT2D eigenvalue weighted by atomic mass is 16.5. The number of aromatic nitrogens is 3. The summed E-state index contributed by atoms with van der Waals surface area (Å²) in [6.45, 7) is 2.37. The largest absolute Gasteiger partial charge is 0.477 e. The molecule has 1 aromatic carbocycles. The number of rotatable bonds is 6. The van der Waals surface area contributed by atoms with Gasteiger partial charge in [0.25, 0.3) is 0 Å². The molecule has 1 unspecified atom stereocenters. The van der Waals surface area contributed by atoms with Crippen LogP contribution in [0.1, 0.15) is 23.0 Å². The van der Waals surface area contributed by atoms with Gasteiger partial charge in [-0.3, -0.25) is 4.40 Å². The molecule has 3 rings (SSSR count). The Labute approximate surface area is 138 Å². The number of carboxylic acids is 1. The number of hydrogen-bond acceptors (Lipinski definition) is 5. The predicted molar refractivity (Wildman–Crippen MR) is 89.2 cm³/mol. The number of hydrogen-bond donors (Lipinski definition) is 2. The Hall–Kier alpha value is -2.93. The predicted octanol–water partition coefficient (Wildman–Crippen LogP) is 2.40. The minimum absolute atomic E-state index is 0.0602. The number of carbonyl (C=O) groups is 1. The first-order chi connectivity index (χ1) is 11.5. The quantitative estimate of drug-likeness (QED) is 0.723. The summed E-state index contributed by atoms with van der Waals surface area (Å²) in [5.74, 6) is -0.692. The van der Waals surface area contributed by atoms with Crippen molar-refractivity contribution in [3.05, 3.63) is 60.0 Å². The molecule has 0 spiro atoms. The number of fused-ring (bicyclic) bond motifs is 1. The molecule has 0 amide bonds. The molecule has 2 aromatic heterocycles. The van der Waals surface area contributed by atoms with Crippen LogP contribution in [0.25, 0.3) is 5.65 Å². The van der Waals surface area contributed by atoms with Crippen LogP contribution in [0.5, 0.6) is 0 Å². The highest BCUT2D eigenvalue weighted by Crippen LogP contribution is 2.25. The summed E-state index contributed by atoms with van der Waals surface area (Å²) < 4.78 is 7.39. The van der Waals surface area contributed by atoms with Crippen molar-refractivity contribution in [1.82, 2.24) is 14.4 Å². The van der Waals surface area contributed by atoms with Crippen molar-refractivity contribution in [2.75, 3.05) is 19.0 Å². The van der Waals surface area contributed by atoms with E-state index >= 15 is 0 Å². The molecule has 0 saturated heterocycles. The number of imidazole rings is 1. The minimum atomic E-state index is -1.10. The topological polar surface area (TPSA) is 88.8 Å². The molecule has 2 heterocycles. The van der Waals surface area contributed by atoms with Gasteiger partial charge in [0.2, 0.25) is 5.95 Å². The molecule has 7 nitrogen and oxygen atoms in total. The highest BCUT2D eigenvalue weighted by Gasteiger charge is 2.26. The summed E-state index contributed by atoms with van der Waals surface area (Å²) >= 11 is 0. The normalized spacial score (nSPS) is 13.6. The molecular formula is C17H18N4O3. The molecule has 0 radical (unpaired) electrons. The van der Waals surface area contributed by atoms with Gasteiger partial charge in [0, 0.05) is 25.6 Å². The van der Waals surface area contributed by atoms with Crippen LogP contribution in [-0.2, 0) is 10.3 Å². The summed E-state index contributed by atoms with van der Waals surface area (Å²) in [6, 6.07) is 11.2. The van der Waals surface area contributed by atoms with Gasteiger partial charge in [-0.2, -0.15) is 0 Å². The second-order valence-corrected chi connectivity index (χ2v) is 5.58. The number of methoxy groups -OCH3 is 1. The highest BCUT2D eigenvalue weighted by molar-refractivity contribution is 5.87. The lowest BCUT2D eigenvalue weighted by molar-refractivity contribution is 0.0136. The number of anilines is 1. The van der Waals surface area contributed by atoms with Crippen molar-refractivity contribution >= 4 is 17.6 Å². The molecule has 0 aliphatic heterocycles. The maximum atomic E-state index is 11.2. The number of nitrogens with zero attached hydrogens (tertiary/aromatic N) is 3. The van der Waals surface area contributed by atoms with E-state index in [2.05, 4.69) is 15.3 Å². The fourth-order valence-corrected chi connectivity index (χ4v) is 2.49. The van der Waals surface area contributed by atoms with E-state index in [1.807, 2.05) is 37.3 Å². The summed E-state index contributed by atoms with van der Waals surface area (Å²) in [5.41, 5.74) is 0.879. The van der Waals surface area contributed by atoms with Crippen molar-refractivity contribution in [3.8, 4) is 0 Å². The van der Waals surface area contributed by atoms with E-state index in [0.29, 0.717) is 18.1 Å². The van der Waals surface area contributed by atoms with Gasteiger partial charge in [0.15, 0.2) is 5.69 Å². The van der Waals surface area contributed by atoms with Gasteiger partial charge in [-0.15, -0.1) is 0 Å². The molecule has 0 aliphatic carbocycles. The van der Waals surface area contributed by atoms with E-state index in [-0.39, 0.29) is 5.69 Å². The van der Waals surface area contributed by atoms with Crippen LogP contribution in [0.2, 0.25) is 0 Å². The zero-order valence-electron chi connectivity index (χ0n) is 13.4. The van der Waals surface area contributed by atoms with E-state index in [9.17, 15) is 9.90 Å². The molecule has 0 saturated carbocycles. The number of ether oxygens (including phenoxy) is 1. The first-order valence-corrected chi connectivity index (χ1v) is 7.45. The van der Waals surface area contributed by atoms with Gasteiger partial charge in [-0.05, 0) is 12.5 Å².